The van der Waals surface area contributed by atoms with Crippen molar-refractivity contribution >= 4 is 5.96 Å². The van der Waals surface area contributed by atoms with Crippen LogP contribution in [0.2, 0.25) is 0 Å². The Bertz CT molecular complexity index is 887. The zero-order valence-corrected chi connectivity index (χ0v) is 17.9. The summed E-state index contributed by atoms with van der Waals surface area (Å²) < 4.78 is 8.41. The van der Waals surface area contributed by atoms with Gasteiger partial charge < -0.3 is 19.9 Å². The van der Waals surface area contributed by atoms with Crippen LogP contribution in [0.1, 0.15) is 56.9 Å². The van der Waals surface area contributed by atoms with Crippen LogP contribution < -0.4 is 15.4 Å². The molecule has 156 valence electrons. The Morgan fingerprint density at radius 1 is 1.31 bits per heavy atom. The maximum absolute atomic E-state index is 6.17. The molecule has 2 unspecified atom stereocenters. The topological polar surface area (TPSA) is 76.4 Å². The Kier molecular flexibility index (Phi) is 5.48. The lowest BCUT2D eigenvalue weighted by atomic mass is 9.90. The molecule has 4 rings (SSSR count). The van der Waals surface area contributed by atoms with Gasteiger partial charge in [0, 0.05) is 38.0 Å². The van der Waals surface area contributed by atoms with Gasteiger partial charge in [-0.3, -0.25) is 4.99 Å². The number of ether oxygens (including phenoxy) is 1. The largest absolute Gasteiger partial charge is 0.487 e. The molecule has 0 aliphatic carbocycles. The van der Waals surface area contributed by atoms with Crippen LogP contribution in [0.15, 0.2) is 29.3 Å². The number of fused-ring (bicyclic) bond motifs is 2. The third kappa shape index (κ3) is 4.38. The summed E-state index contributed by atoms with van der Waals surface area (Å²) in [5.74, 6) is 4.44. The van der Waals surface area contributed by atoms with Gasteiger partial charge in [-0.1, -0.05) is 18.2 Å². The van der Waals surface area contributed by atoms with Gasteiger partial charge in [-0.25, -0.2) is 0 Å². The first kappa shape index (κ1) is 19.7. The van der Waals surface area contributed by atoms with E-state index in [2.05, 4.69) is 64.4 Å². The van der Waals surface area contributed by atoms with Crippen LogP contribution in [0.5, 0.6) is 5.75 Å². The number of nitrogens with one attached hydrogen (secondary N) is 2. The number of hydrogen-bond acceptors (Lipinski definition) is 4. The number of para-hydroxylation sites is 1. The first-order valence-corrected chi connectivity index (χ1v) is 10.7. The molecule has 1 aromatic carbocycles. The zero-order valence-electron chi connectivity index (χ0n) is 17.9. The fourth-order valence-corrected chi connectivity index (χ4v) is 4.32. The van der Waals surface area contributed by atoms with E-state index in [1.54, 1.807) is 0 Å². The number of guanidine groups is 1. The quantitative estimate of drug-likeness (QED) is 0.614. The van der Waals surface area contributed by atoms with Gasteiger partial charge in [0.1, 0.15) is 23.0 Å². The summed E-state index contributed by atoms with van der Waals surface area (Å²) in [6.07, 6.45) is 2.97. The smallest absolute Gasteiger partial charge is 0.191 e. The maximum Gasteiger partial charge on any atom is 0.191 e. The van der Waals surface area contributed by atoms with Gasteiger partial charge in [0.15, 0.2) is 5.96 Å². The van der Waals surface area contributed by atoms with Crippen molar-refractivity contribution in [3.63, 3.8) is 0 Å². The first-order valence-electron chi connectivity index (χ1n) is 10.7. The number of aromatic nitrogens is 3. The highest BCUT2D eigenvalue weighted by Crippen LogP contribution is 2.39. The second kappa shape index (κ2) is 8.05. The number of nitrogens with zero attached hydrogens (tertiary/aromatic N) is 4. The molecule has 3 heterocycles. The zero-order chi connectivity index (χ0) is 20.4. The Morgan fingerprint density at radius 3 is 2.97 bits per heavy atom. The fraction of sp³-hybridized carbons (Fsp3) is 0.591. The molecule has 0 spiro atoms. The summed E-state index contributed by atoms with van der Waals surface area (Å²) in [5, 5.41) is 15.6. The molecule has 0 bridgehead atoms. The van der Waals surface area contributed by atoms with Crippen LogP contribution in [0.4, 0.5) is 0 Å². The SMILES string of the molecule is CCNC(=NCC1CCc2nnc(C)n2C1)NC1CC(C)(C)Oc2ccccc21. The summed E-state index contributed by atoms with van der Waals surface area (Å²) >= 11 is 0. The molecule has 0 fully saturated rings. The molecule has 2 aliphatic heterocycles. The van der Waals surface area contributed by atoms with Crippen molar-refractivity contribution in [3.05, 3.63) is 41.5 Å². The van der Waals surface area contributed by atoms with E-state index in [1.165, 1.54) is 5.56 Å². The van der Waals surface area contributed by atoms with Gasteiger partial charge in [-0.2, -0.15) is 0 Å². The van der Waals surface area contributed by atoms with E-state index in [9.17, 15) is 0 Å². The standard InChI is InChI=1S/C22H32N6O/c1-5-23-21(24-13-16-10-11-20-27-26-15(2)28(20)14-16)25-18-12-22(3,4)29-19-9-7-6-8-17(18)19/h6-9,16,18H,5,10-14H2,1-4H3,(H2,23,24,25). The molecule has 29 heavy (non-hydrogen) atoms. The van der Waals surface area contributed by atoms with Crippen LogP contribution in [-0.4, -0.2) is 39.4 Å². The maximum atomic E-state index is 6.17. The predicted molar refractivity (Wildman–Crippen MR) is 114 cm³/mol. The number of rotatable bonds is 4. The minimum atomic E-state index is -0.213. The van der Waals surface area contributed by atoms with E-state index < -0.39 is 0 Å². The Morgan fingerprint density at radius 2 is 2.14 bits per heavy atom. The third-order valence-electron chi connectivity index (χ3n) is 5.77. The lowest BCUT2D eigenvalue weighted by Gasteiger charge is -2.38. The van der Waals surface area contributed by atoms with Crippen molar-refractivity contribution in [1.82, 2.24) is 25.4 Å². The minimum absolute atomic E-state index is 0.172. The molecule has 1 aromatic heterocycles. The minimum Gasteiger partial charge on any atom is -0.487 e. The average molecular weight is 397 g/mol. The molecular formula is C22H32N6O. The summed E-state index contributed by atoms with van der Waals surface area (Å²) in [4.78, 5) is 4.94. The number of aryl methyl sites for hydroxylation is 2. The van der Waals surface area contributed by atoms with Crippen LogP contribution >= 0.6 is 0 Å². The summed E-state index contributed by atoms with van der Waals surface area (Å²) in [6, 6.07) is 8.46. The number of hydrogen-bond donors (Lipinski definition) is 2. The van der Waals surface area contributed by atoms with E-state index in [-0.39, 0.29) is 11.6 Å². The highest BCUT2D eigenvalue weighted by Gasteiger charge is 2.34. The van der Waals surface area contributed by atoms with Crippen LogP contribution in [0, 0.1) is 12.8 Å². The van der Waals surface area contributed by atoms with E-state index in [1.807, 2.05) is 13.0 Å². The van der Waals surface area contributed by atoms with E-state index in [4.69, 9.17) is 9.73 Å². The molecule has 0 saturated carbocycles. The van der Waals surface area contributed by atoms with E-state index in [0.717, 1.165) is 62.3 Å². The first-order chi connectivity index (χ1) is 13.9. The molecule has 0 saturated heterocycles. The summed E-state index contributed by atoms with van der Waals surface area (Å²) in [7, 11) is 0. The van der Waals surface area contributed by atoms with Crippen molar-refractivity contribution in [2.75, 3.05) is 13.1 Å². The second-order valence-electron chi connectivity index (χ2n) is 8.70. The predicted octanol–water partition coefficient (Wildman–Crippen LogP) is 3.01. The van der Waals surface area contributed by atoms with Crippen LogP contribution in [-0.2, 0) is 13.0 Å². The van der Waals surface area contributed by atoms with Gasteiger partial charge >= 0.3 is 0 Å². The van der Waals surface area contributed by atoms with Crippen molar-refractivity contribution in [2.24, 2.45) is 10.9 Å². The average Bonchev–Trinajstić information content (AvgIpc) is 3.06. The molecule has 2 atom stereocenters. The van der Waals surface area contributed by atoms with E-state index >= 15 is 0 Å². The van der Waals surface area contributed by atoms with Crippen LogP contribution in [0.25, 0.3) is 0 Å². The summed E-state index contributed by atoms with van der Waals surface area (Å²) in [5.41, 5.74) is 0.981. The summed E-state index contributed by atoms with van der Waals surface area (Å²) in [6.45, 7) is 11.0. The van der Waals surface area contributed by atoms with Crippen molar-refractivity contribution in [3.8, 4) is 5.75 Å². The molecule has 2 aromatic rings. The lowest BCUT2D eigenvalue weighted by Crippen LogP contribution is -2.45. The molecule has 7 heteroatoms. The highest BCUT2D eigenvalue weighted by molar-refractivity contribution is 5.80. The third-order valence-corrected chi connectivity index (χ3v) is 5.77. The molecule has 2 N–H and O–H groups in total. The number of benzene rings is 1. The monoisotopic (exact) mass is 396 g/mol. The molecule has 2 aliphatic rings. The lowest BCUT2D eigenvalue weighted by molar-refractivity contribution is 0.0694. The van der Waals surface area contributed by atoms with Gasteiger partial charge in [0.05, 0.1) is 6.04 Å². The fourth-order valence-electron chi connectivity index (χ4n) is 4.32. The molecular weight excluding hydrogens is 364 g/mol. The Balaban J connectivity index is 1.47. The Hall–Kier alpha value is -2.57. The molecule has 0 radical (unpaired) electrons. The normalized spacial score (nSPS) is 23.0. The van der Waals surface area contributed by atoms with Gasteiger partial charge in [-0.15, -0.1) is 10.2 Å². The van der Waals surface area contributed by atoms with Crippen LogP contribution in [0.3, 0.4) is 0 Å². The van der Waals surface area contributed by atoms with E-state index in [0.29, 0.717) is 5.92 Å². The van der Waals surface area contributed by atoms with Crippen molar-refractivity contribution in [1.29, 1.82) is 0 Å². The van der Waals surface area contributed by atoms with Gasteiger partial charge in [-0.05, 0) is 46.1 Å². The highest BCUT2D eigenvalue weighted by atomic mass is 16.5. The van der Waals surface area contributed by atoms with Crippen molar-refractivity contribution < 1.29 is 4.74 Å². The van der Waals surface area contributed by atoms with Gasteiger partial charge in [0.2, 0.25) is 0 Å². The number of aliphatic imine (C=N–C) groups is 1. The molecule has 0 amide bonds. The molecule has 7 nitrogen and oxygen atoms in total. The second-order valence-corrected chi connectivity index (χ2v) is 8.70. The van der Waals surface area contributed by atoms with Gasteiger partial charge in [0.25, 0.3) is 0 Å². The van der Waals surface area contributed by atoms with Crippen molar-refractivity contribution in [2.45, 2.75) is 65.1 Å². The Labute approximate surface area is 173 Å².